The smallest absolute Gasteiger partial charge is 0.295 e. The Kier molecular flexibility index (Phi) is 5.67. The first kappa shape index (κ1) is 19.6. The Hall–Kier alpha value is -2.67. The van der Waals surface area contributed by atoms with Crippen LogP contribution in [-0.4, -0.2) is 20.7 Å². The summed E-state index contributed by atoms with van der Waals surface area (Å²) >= 11 is 15.5. The second-order valence-corrected chi connectivity index (χ2v) is 7.85. The third-order valence-corrected chi connectivity index (χ3v) is 5.17. The Bertz CT molecular complexity index is 1180. The quantitative estimate of drug-likeness (QED) is 0.369. The molecule has 1 aromatic heterocycles. The molecule has 0 radical (unpaired) electrons. The zero-order valence-electron chi connectivity index (χ0n) is 14.8. The number of amides is 1. The van der Waals surface area contributed by atoms with Crippen LogP contribution in [0.15, 0.2) is 77.3 Å². The maximum absolute atomic E-state index is 12.8. The second-order valence-electron chi connectivity index (χ2n) is 6.09. The lowest BCUT2D eigenvalue weighted by molar-refractivity contribution is 0.101. The van der Waals surface area contributed by atoms with E-state index < -0.39 is 5.91 Å². The van der Waals surface area contributed by atoms with E-state index >= 15 is 0 Å². The summed E-state index contributed by atoms with van der Waals surface area (Å²) < 4.78 is 2.59. The summed E-state index contributed by atoms with van der Waals surface area (Å²) in [4.78, 5) is 17.3. The van der Waals surface area contributed by atoms with Crippen LogP contribution in [0.4, 0.5) is 5.69 Å². The van der Waals surface area contributed by atoms with Crippen LogP contribution in [0.1, 0.15) is 10.6 Å². The Morgan fingerprint density at radius 2 is 1.69 bits per heavy atom. The number of carbonyl (C=O) groups excluding carboxylic acids is 1. The normalized spacial score (nSPS) is 10.7. The molecule has 5 nitrogen and oxygen atoms in total. The summed E-state index contributed by atoms with van der Waals surface area (Å²) in [5, 5.41) is 7.98. The molecule has 3 aromatic carbocycles. The summed E-state index contributed by atoms with van der Waals surface area (Å²) in [5.74, 6) is 0.108. The number of hydrogen-bond donors (Lipinski definition) is 1. The molecule has 8 heteroatoms. The molecule has 1 amide bonds. The largest absolute Gasteiger partial charge is 0.318 e. The topological polar surface area (TPSA) is 59.8 Å². The number of nitrogens with zero attached hydrogens (tertiary/aromatic N) is 3. The summed E-state index contributed by atoms with van der Waals surface area (Å²) in [6.45, 7) is 0. The highest BCUT2D eigenvalue weighted by Crippen LogP contribution is 2.27. The van der Waals surface area contributed by atoms with Crippen molar-refractivity contribution in [2.24, 2.45) is 0 Å². The molecule has 0 bridgehead atoms. The van der Waals surface area contributed by atoms with Gasteiger partial charge in [-0.3, -0.25) is 4.79 Å². The Balaban J connectivity index is 1.74. The van der Waals surface area contributed by atoms with Crippen molar-refractivity contribution in [1.29, 1.82) is 0 Å². The predicted octanol–water partition coefficient (Wildman–Crippen LogP) is 6.26. The highest BCUT2D eigenvalue weighted by Gasteiger charge is 2.19. The molecule has 0 aliphatic heterocycles. The van der Waals surface area contributed by atoms with Gasteiger partial charge in [-0.15, -0.1) is 5.10 Å². The van der Waals surface area contributed by atoms with Gasteiger partial charge in [0.15, 0.2) is 5.82 Å². The molecular formula is C21H13BrCl2N4O. The van der Waals surface area contributed by atoms with Gasteiger partial charge in [-0.05, 0) is 42.5 Å². The lowest BCUT2D eigenvalue weighted by Gasteiger charge is -2.05. The van der Waals surface area contributed by atoms with Gasteiger partial charge in [0.1, 0.15) is 0 Å². The second kappa shape index (κ2) is 8.37. The van der Waals surface area contributed by atoms with E-state index in [0.29, 0.717) is 21.6 Å². The molecule has 4 aromatic rings. The lowest BCUT2D eigenvalue weighted by atomic mass is 10.2. The predicted molar refractivity (Wildman–Crippen MR) is 119 cm³/mol. The molecule has 1 N–H and O–H groups in total. The fourth-order valence-electron chi connectivity index (χ4n) is 2.71. The monoisotopic (exact) mass is 486 g/mol. The minimum atomic E-state index is -0.470. The molecule has 144 valence electrons. The van der Waals surface area contributed by atoms with Crippen molar-refractivity contribution in [2.75, 3.05) is 5.32 Å². The van der Waals surface area contributed by atoms with E-state index in [0.717, 1.165) is 15.7 Å². The van der Waals surface area contributed by atoms with E-state index in [1.165, 1.54) is 0 Å². The van der Waals surface area contributed by atoms with Crippen molar-refractivity contribution >= 4 is 50.7 Å². The number of halogens is 3. The molecule has 0 spiro atoms. The van der Waals surface area contributed by atoms with Gasteiger partial charge in [-0.1, -0.05) is 69.5 Å². The molecule has 0 atom stereocenters. The van der Waals surface area contributed by atoms with Gasteiger partial charge in [0.05, 0.1) is 16.4 Å². The third kappa shape index (κ3) is 4.34. The summed E-state index contributed by atoms with van der Waals surface area (Å²) in [7, 11) is 0. The van der Waals surface area contributed by atoms with Gasteiger partial charge in [-0.2, -0.15) is 0 Å². The van der Waals surface area contributed by atoms with Crippen LogP contribution in [0.25, 0.3) is 17.1 Å². The minimum Gasteiger partial charge on any atom is -0.318 e. The van der Waals surface area contributed by atoms with Crippen molar-refractivity contribution in [2.45, 2.75) is 0 Å². The number of nitrogens with one attached hydrogen (secondary N) is 1. The Morgan fingerprint density at radius 1 is 0.966 bits per heavy atom. The van der Waals surface area contributed by atoms with E-state index in [9.17, 15) is 4.79 Å². The highest BCUT2D eigenvalue weighted by molar-refractivity contribution is 9.10. The maximum Gasteiger partial charge on any atom is 0.295 e. The van der Waals surface area contributed by atoms with Crippen LogP contribution in [0, 0.1) is 0 Å². The van der Waals surface area contributed by atoms with E-state index in [2.05, 4.69) is 31.3 Å². The first-order valence-electron chi connectivity index (χ1n) is 8.56. The number of carbonyl (C=O) groups is 1. The third-order valence-electron chi connectivity index (χ3n) is 4.09. The number of para-hydroxylation sites is 1. The number of rotatable bonds is 4. The van der Waals surface area contributed by atoms with Crippen molar-refractivity contribution < 1.29 is 4.79 Å². The molecule has 4 rings (SSSR count). The lowest BCUT2D eigenvalue weighted by Crippen LogP contribution is -2.14. The molecule has 0 aliphatic rings. The number of anilines is 1. The zero-order chi connectivity index (χ0) is 20.4. The van der Waals surface area contributed by atoms with Gasteiger partial charge in [-0.25, -0.2) is 9.67 Å². The minimum absolute atomic E-state index is 0.0257. The molecule has 0 unspecified atom stereocenters. The SMILES string of the molecule is O=C(Nc1ccc(Cl)cc1Cl)c1nc(-c2ccc(Br)cc2)n(-c2ccccc2)n1. The van der Waals surface area contributed by atoms with Gasteiger partial charge >= 0.3 is 0 Å². The van der Waals surface area contributed by atoms with Gasteiger partial charge in [0, 0.05) is 15.1 Å². The molecule has 0 aliphatic carbocycles. The molecule has 0 saturated carbocycles. The molecular weight excluding hydrogens is 475 g/mol. The van der Waals surface area contributed by atoms with Crippen LogP contribution < -0.4 is 5.32 Å². The van der Waals surface area contributed by atoms with Crippen LogP contribution in [0.2, 0.25) is 10.0 Å². The van der Waals surface area contributed by atoms with E-state index in [1.807, 2.05) is 54.6 Å². The van der Waals surface area contributed by atoms with Crippen LogP contribution in [0.3, 0.4) is 0 Å². The Morgan fingerprint density at radius 3 is 2.38 bits per heavy atom. The standard InChI is InChI=1S/C21H13BrCl2N4O/c22-14-8-6-13(7-9-14)20-26-19(27-28(20)16-4-2-1-3-5-16)21(29)25-18-11-10-15(23)12-17(18)24/h1-12H,(H,25,29). The number of benzene rings is 3. The average molecular weight is 488 g/mol. The number of aromatic nitrogens is 3. The zero-order valence-corrected chi connectivity index (χ0v) is 17.9. The van der Waals surface area contributed by atoms with E-state index in [1.54, 1.807) is 22.9 Å². The number of hydrogen-bond acceptors (Lipinski definition) is 3. The summed E-state index contributed by atoms with van der Waals surface area (Å²) in [5.41, 5.74) is 2.05. The first-order chi connectivity index (χ1) is 14.0. The van der Waals surface area contributed by atoms with Crippen molar-refractivity contribution in [3.05, 3.63) is 93.1 Å². The molecule has 29 heavy (non-hydrogen) atoms. The first-order valence-corrected chi connectivity index (χ1v) is 10.1. The fraction of sp³-hybridized carbons (Fsp3) is 0. The van der Waals surface area contributed by atoms with Crippen LogP contribution >= 0.6 is 39.1 Å². The van der Waals surface area contributed by atoms with Crippen molar-refractivity contribution in [3.8, 4) is 17.1 Å². The van der Waals surface area contributed by atoms with Gasteiger partial charge < -0.3 is 5.32 Å². The molecule has 0 saturated heterocycles. The van der Waals surface area contributed by atoms with Gasteiger partial charge in [0.25, 0.3) is 5.91 Å². The van der Waals surface area contributed by atoms with E-state index in [4.69, 9.17) is 23.2 Å². The molecule has 0 fully saturated rings. The van der Waals surface area contributed by atoms with E-state index in [-0.39, 0.29) is 5.82 Å². The average Bonchev–Trinajstić information content (AvgIpc) is 3.17. The highest BCUT2D eigenvalue weighted by atomic mass is 79.9. The van der Waals surface area contributed by atoms with Crippen molar-refractivity contribution in [3.63, 3.8) is 0 Å². The summed E-state index contributed by atoms with van der Waals surface area (Å²) in [6, 6.07) is 22.0. The van der Waals surface area contributed by atoms with Crippen LogP contribution in [0.5, 0.6) is 0 Å². The maximum atomic E-state index is 12.8. The van der Waals surface area contributed by atoms with Crippen LogP contribution in [-0.2, 0) is 0 Å². The molecule has 1 heterocycles. The van der Waals surface area contributed by atoms with Gasteiger partial charge in [0.2, 0.25) is 5.82 Å². The fourth-order valence-corrected chi connectivity index (χ4v) is 3.43. The van der Waals surface area contributed by atoms with Crippen molar-refractivity contribution in [1.82, 2.24) is 14.8 Å². The Labute approximate surface area is 185 Å². The summed E-state index contributed by atoms with van der Waals surface area (Å²) in [6.07, 6.45) is 0.